The number of hydrogen-bond acceptors (Lipinski definition) is 5. The molecule has 3 aromatic rings. The van der Waals surface area contributed by atoms with Gasteiger partial charge in [-0.25, -0.2) is 4.98 Å². The molecule has 0 bridgehead atoms. The molecule has 6 heteroatoms. The number of rotatable bonds is 3. The molecule has 4 rings (SSSR count). The van der Waals surface area contributed by atoms with Gasteiger partial charge in [-0.15, -0.1) is 0 Å². The van der Waals surface area contributed by atoms with Crippen LogP contribution in [-0.2, 0) is 0 Å². The van der Waals surface area contributed by atoms with Crippen LogP contribution in [-0.4, -0.2) is 35.7 Å². The molecule has 1 aliphatic rings. The van der Waals surface area contributed by atoms with E-state index < -0.39 is 0 Å². The molecule has 0 N–H and O–H groups in total. The maximum atomic E-state index is 9.78. The highest BCUT2D eigenvalue weighted by molar-refractivity contribution is 5.68. The zero-order chi connectivity index (χ0) is 18.6. The van der Waals surface area contributed by atoms with E-state index in [4.69, 9.17) is 0 Å². The van der Waals surface area contributed by atoms with Gasteiger partial charge in [-0.3, -0.25) is 0 Å². The molecule has 27 heavy (non-hydrogen) atoms. The lowest BCUT2D eigenvalue weighted by molar-refractivity contribution is 0.646. The molecular weight excluding hydrogens is 336 g/mol. The van der Waals surface area contributed by atoms with Gasteiger partial charge in [-0.05, 0) is 36.4 Å². The van der Waals surface area contributed by atoms with E-state index in [-0.39, 0.29) is 0 Å². The number of nitriles is 2. The number of pyridine rings is 1. The van der Waals surface area contributed by atoms with Crippen molar-refractivity contribution in [3.8, 4) is 17.8 Å². The van der Waals surface area contributed by atoms with Gasteiger partial charge in [-0.2, -0.15) is 10.5 Å². The molecule has 0 spiro atoms. The van der Waals surface area contributed by atoms with Gasteiger partial charge in [0.2, 0.25) is 0 Å². The molecule has 0 unspecified atom stereocenters. The average molecular weight is 354 g/mol. The van der Waals surface area contributed by atoms with Gasteiger partial charge in [0.05, 0.1) is 22.5 Å². The zero-order valence-corrected chi connectivity index (χ0v) is 14.8. The van der Waals surface area contributed by atoms with Gasteiger partial charge < -0.3 is 14.4 Å². The normalized spacial score (nSPS) is 13.9. The van der Waals surface area contributed by atoms with Crippen LogP contribution in [0, 0.1) is 22.7 Å². The highest BCUT2D eigenvalue weighted by Gasteiger charge is 2.23. The van der Waals surface area contributed by atoms with Crippen molar-refractivity contribution in [2.24, 2.45) is 0 Å². The van der Waals surface area contributed by atoms with E-state index in [0.29, 0.717) is 11.1 Å². The molecule has 6 nitrogen and oxygen atoms in total. The number of anilines is 2. The summed E-state index contributed by atoms with van der Waals surface area (Å²) in [4.78, 5) is 8.75. The standard InChI is InChI=1S/C21H18N6/c22-15-17-5-4-8-24-21(17)27-13-11-26(12-14-27)20-7-3-6-19(18(20)16-23)25-9-1-2-10-25/h1-10H,11-14H2. The lowest BCUT2D eigenvalue weighted by atomic mass is 10.1. The minimum absolute atomic E-state index is 0.596. The summed E-state index contributed by atoms with van der Waals surface area (Å²) in [6, 6.07) is 18.0. The minimum Gasteiger partial charge on any atom is -0.367 e. The molecule has 0 amide bonds. The van der Waals surface area contributed by atoms with Crippen molar-refractivity contribution in [3.63, 3.8) is 0 Å². The second-order valence-corrected chi connectivity index (χ2v) is 6.33. The summed E-state index contributed by atoms with van der Waals surface area (Å²) >= 11 is 0. The van der Waals surface area contributed by atoms with Crippen molar-refractivity contribution in [1.29, 1.82) is 10.5 Å². The van der Waals surface area contributed by atoms with Crippen molar-refractivity contribution in [3.05, 3.63) is 72.2 Å². The van der Waals surface area contributed by atoms with E-state index >= 15 is 0 Å². The molecule has 1 aromatic carbocycles. The van der Waals surface area contributed by atoms with Crippen LogP contribution in [0.2, 0.25) is 0 Å². The topological polar surface area (TPSA) is 71.9 Å². The summed E-state index contributed by atoms with van der Waals surface area (Å²) in [5.74, 6) is 0.737. The predicted molar refractivity (Wildman–Crippen MR) is 104 cm³/mol. The van der Waals surface area contributed by atoms with Gasteiger partial charge in [0.25, 0.3) is 0 Å². The van der Waals surface area contributed by atoms with Gasteiger partial charge in [0, 0.05) is 44.8 Å². The fourth-order valence-electron chi connectivity index (χ4n) is 3.51. The van der Waals surface area contributed by atoms with Gasteiger partial charge >= 0.3 is 0 Å². The first-order valence-corrected chi connectivity index (χ1v) is 8.83. The van der Waals surface area contributed by atoms with E-state index in [1.54, 1.807) is 18.3 Å². The third-order valence-electron chi connectivity index (χ3n) is 4.84. The molecule has 3 heterocycles. The first-order chi connectivity index (χ1) is 13.3. The second-order valence-electron chi connectivity index (χ2n) is 6.33. The summed E-state index contributed by atoms with van der Waals surface area (Å²) in [6.45, 7) is 3.05. The van der Waals surface area contributed by atoms with E-state index in [1.165, 1.54) is 0 Å². The van der Waals surface area contributed by atoms with Crippen LogP contribution in [0.3, 0.4) is 0 Å². The third kappa shape index (κ3) is 3.09. The maximum Gasteiger partial charge on any atom is 0.146 e. The molecule has 1 aliphatic heterocycles. The van der Waals surface area contributed by atoms with E-state index in [0.717, 1.165) is 43.4 Å². The number of piperazine rings is 1. The molecule has 0 radical (unpaired) electrons. The van der Waals surface area contributed by atoms with Crippen LogP contribution >= 0.6 is 0 Å². The Labute approximate surface area is 158 Å². The summed E-state index contributed by atoms with van der Waals surface area (Å²) in [7, 11) is 0. The Kier molecular flexibility index (Phi) is 4.47. The van der Waals surface area contributed by atoms with Crippen LogP contribution in [0.25, 0.3) is 5.69 Å². The van der Waals surface area contributed by atoms with Crippen LogP contribution in [0.4, 0.5) is 11.5 Å². The van der Waals surface area contributed by atoms with Crippen LogP contribution in [0.1, 0.15) is 11.1 Å². The minimum atomic E-state index is 0.596. The highest BCUT2D eigenvalue weighted by atomic mass is 15.3. The molecule has 132 valence electrons. The predicted octanol–water partition coefficient (Wildman–Crippen LogP) is 2.94. The lowest BCUT2D eigenvalue weighted by Crippen LogP contribution is -2.47. The molecule has 0 saturated carbocycles. The third-order valence-corrected chi connectivity index (χ3v) is 4.84. The summed E-state index contributed by atoms with van der Waals surface area (Å²) in [6.07, 6.45) is 5.61. The first kappa shape index (κ1) is 16.7. The number of aromatic nitrogens is 2. The Balaban J connectivity index is 1.58. The summed E-state index contributed by atoms with van der Waals surface area (Å²) in [5, 5.41) is 19.1. The fourth-order valence-corrected chi connectivity index (χ4v) is 3.51. The first-order valence-electron chi connectivity index (χ1n) is 8.83. The molecule has 1 fully saturated rings. The van der Waals surface area contributed by atoms with Crippen molar-refractivity contribution < 1.29 is 0 Å². The molecule has 0 aliphatic carbocycles. The highest BCUT2D eigenvalue weighted by Crippen LogP contribution is 2.28. The number of nitrogens with zero attached hydrogens (tertiary/aromatic N) is 6. The lowest BCUT2D eigenvalue weighted by Gasteiger charge is -2.37. The fraction of sp³-hybridized carbons (Fsp3) is 0.190. The molecule has 1 saturated heterocycles. The quantitative estimate of drug-likeness (QED) is 0.723. The Bertz CT molecular complexity index is 1020. The molecule has 2 aromatic heterocycles. The largest absolute Gasteiger partial charge is 0.367 e. The average Bonchev–Trinajstić information content (AvgIpc) is 3.28. The van der Waals surface area contributed by atoms with Gasteiger partial charge in [0.15, 0.2) is 0 Å². The van der Waals surface area contributed by atoms with Crippen LogP contribution in [0.15, 0.2) is 61.1 Å². The van der Waals surface area contributed by atoms with Crippen LogP contribution < -0.4 is 9.80 Å². The zero-order valence-electron chi connectivity index (χ0n) is 14.8. The van der Waals surface area contributed by atoms with Gasteiger partial charge in [0.1, 0.15) is 18.0 Å². The maximum absolute atomic E-state index is 9.78. The Hall–Kier alpha value is -3.77. The van der Waals surface area contributed by atoms with Gasteiger partial charge in [-0.1, -0.05) is 6.07 Å². The smallest absolute Gasteiger partial charge is 0.146 e. The number of benzene rings is 1. The number of hydrogen-bond donors (Lipinski definition) is 0. The summed E-state index contributed by atoms with van der Waals surface area (Å²) < 4.78 is 1.96. The SMILES string of the molecule is N#Cc1cccnc1N1CCN(c2cccc(-n3cccc3)c2C#N)CC1. The molecule has 0 atom stereocenters. The monoisotopic (exact) mass is 354 g/mol. The van der Waals surface area contributed by atoms with Crippen molar-refractivity contribution >= 4 is 11.5 Å². The molecular formula is C21H18N6. The van der Waals surface area contributed by atoms with Crippen molar-refractivity contribution in [2.75, 3.05) is 36.0 Å². The van der Waals surface area contributed by atoms with Crippen molar-refractivity contribution in [2.45, 2.75) is 0 Å². The Morgan fingerprint density at radius 3 is 2.19 bits per heavy atom. The second kappa shape index (κ2) is 7.23. The Morgan fingerprint density at radius 1 is 0.778 bits per heavy atom. The van der Waals surface area contributed by atoms with E-state index in [2.05, 4.69) is 26.9 Å². The Morgan fingerprint density at radius 2 is 1.48 bits per heavy atom. The van der Waals surface area contributed by atoms with E-state index in [1.807, 2.05) is 47.3 Å². The van der Waals surface area contributed by atoms with Crippen LogP contribution in [0.5, 0.6) is 0 Å². The van der Waals surface area contributed by atoms with E-state index in [9.17, 15) is 10.5 Å². The van der Waals surface area contributed by atoms with Crippen molar-refractivity contribution in [1.82, 2.24) is 9.55 Å². The summed E-state index contributed by atoms with van der Waals surface area (Å²) in [5.41, 5.74) is 3.11.